The number of aromatic nitrogens is 2. The standard InChI is InChI=1S/C20H22N2O3/c1-12(17-9-16-18(23)5-6-24-20(16)11-22-17)7-15-4-3-14-10-21-13(2)8-19(14)25-15/h8-12,15H,3-7H2,1-2H3. The highest BCUT2D eigenvalue weighted by Gasteiger charge is 2.25. The normalized spacial score (nSPS) is 20.1. The van der Waals surface area contributed by atoms with Gasteiger partial charge in [0.1, 0.15) is 11.5 Å². The Morgan fingerprint density at radius 1 is 1.20 bits per heavy atom. The van der Waals surface area contributed by atoms with Crippen LogP contribution in [-0.2, 0) is 6.42 Å². The largest absolute Gasteiger partial charge is 0.491 e. The topological polar surface area (TPSA) is 61.3 Å². The highest BCUT2D eigenvalue weighted by molar-refractivity contribution is 5.99. The van der Waals surface area contributed by atoms with E-state index in [1.165, 1.54) is 5.56 Å². The van der Waals surface area contributed by atoms with Crippen molar-refractivity contribution in [2.24, 2.45) is 0 Å². The highest BCUT2D eigenvalue weighted by Crippen LogP contribution is 2.33. The van der Waals surface area contributed by atoms with Gasteiger partial charge in [0.05, 0.1) is 24.5 Å². The second-order valence-corrected chi connectivity index (χ2v) is 6.98. The van der Waals surface area contributed by atoms with Crippen molar-refractivity contribution in [1.82, 2.24) is 9.97 Å². The fourth-order valence-electron chi connectivity index (χ4n) is 3.55. The van der Waals surface area contributed by atoms with Gasteiger partial charge in [-0.3, -0.25) is 14.8 Å². The van der Waals surface area contributed by atoms with Gasteiger partial charge in [-0.15, -0.1) is 0 Å². The molecule has 2 aromatic rings. The summed E-state index contributed by atoms with van der Waals surface area (Å²) in [6.45, 7) is 4.57. The number of ketones is 1. The Hall–Kier alpha value is -2.43. The average molecular weight is 338 g/mol. The number of aryl methyl sites for hydroxylation is 2. The maximum absolute atomic E-state index is 12.1. The number of hydrogen-bond acceptors (Lipinski definition) is 5. The number of hydrogen-bond donors (Lipinski definition) is 0. The van der Waals surface area contributed by atoms with Crippen molar-refractivity contribution in [3.63, 3.8) is 0 Å². The van der Waals surface area contributed by atoms with E-state index in [2.05, 4.69) is 16.9 Å². The Kier molecular flexibility index (Phi) is 4.15. The van der Waals surface area contributed by atoms with Gasteiger partial charge in [0.25, 0.3) is 0 Å². The van der Waals surface area contributed by atoms with Crippen LogP contribution in [0.3, 0.4) is 0 Å². The molecule has 0 aromatic carbocycles. The molecule has 2 unspecified atom stereocenters. The molecule has 4 heterocycles. The van der Waals surface area contributed by atoms with Crippen LogP contribution in [0.2, 0.25) is 0 Å². The zero-order valence-corrected chi connectivity index (χ0v) is 14.6. The molecule has 25 heavy (non-hydrogen) atoms. The number of nitrogens with zero attached hydrogens (tertiary/aromatic N) is 2. The number of pyridine rings is 2. The van der Waals surface area contributed by atoms with Crippen molar-refractivity contribution >= 4 is 5.78 Å². The minimum Gasteiger partial charge on any atom is -0.491 e. The molecule has 0 radical (unpaired) electrons. The van der Waals surface area contributed by atoms with Crippen LogP contribution < -0.4 is 9.47 Å². The first-order valence-corrected chi connectivity index (χ1v) is 8.88. The van der Waals surface area contributed by atoms with Gasteiger partial charge in [-0.1, -0.05) is 6.92 Å². The molecule has 0 bridgehead atoms. The molecule has 0 aliphatic carbocycles. The second-order valence-electron chi connectivity index (χ2n) is 6.98. The smallest absolute Gasteiger partial charge is 0.170 e. The van der Waals surface area contributed by atoms with Gasteiger partial charge in [-0.2, -0.15) is 0 Å². The summed E-state index contributed by atoms with van der Waals surface area (Å²) in [5, 5.41) is 0. The number of rotatable bonds is 3. The predicted octanol–water partition coefficient (Wildman–Crippen LogP) is 3.64. The molecular formula is C20H22N2O3. The molecule has 2 aliphatic rings. The van der Waals surface area contributed by atoms with E-state index >= 15 is 0 Å². The number of carbonyl (C=O) groups excluding carboxylic acids is 1. The Morgan fingerprint density at radius 2 is 2.08 bits per heavy atom. The molecule has 2 aliphatic heterocycles. The minimum absolute atomic E-state index is 0.142. The van der Waals surface area contributed by atoms with Crippen molar-refractivity contribution in [1.29, 1.82) is 0 Å². The Bertz CT molecular complexity index is 819. The van der Waals surface area contributed by atoms with Crippen LogP contribution >= 0.6 is 0 Å². The number of carbonyl (C=O) groups is 1. The van der Waals surface area contributed by atoms with Gasteiger partial charge in [-0.05, 0) is 32.3 Å². The summed E-state index contributed by atoms with van der Waals surface area (Å²) < 4.78 is 11.7. The van der Waals surface area contributed by atoms with Crippen LogP contribution in [0.25, 0.3) is 0 Å². The lowest BCUT2D eigenvalue weighted by molar-refractivity contribution is 0.0932. The summed E-state index contributed by atoms with van der Waals surface area (Å²) >= 11 is 0. The van der Waals surface area contributed by atoms with Crippen molar-refractivity contribution in [3.8, 4) is 11.5 Å². The van der Waals surface area contributed by atoms with E-state index in [1.54, 1.807) is 6.20 Å². The molecule has 2 aromatic heterocycles. The maximum Gasteiger partial charge on any atom is 0.170 e. The molecule has 5 nitrogen and oxygen atoms in total. The van der Waals surface area contributed by atoms with Crippen LogP contribution in [0.5, 0.6) is 11.5 Å². The monoisotopic (exact) mass is 338 g/mol. The highest BCUT2D eigenvalue weighted by atomic mass is 16.5. The molecule has 130 valence electrons. The summed E-state index contributed by atoms with van der Waals surface area (Å²) in [6.07, 6.45) is 7.06. The van der Waals surface area contributed by atoms with Crippen LogP contribution in [0.15, 0.2) is 24.5 Å². The molecule has 2 atom stereocenters. The number of Topliss-reactive ketones (excluding diaryl/α,β-unsaturated/α-hetero) is 1. The van der Waals surface area contributed by atoms with Gasteiger partial charge >= 0.3 is 0 Å². The van der Waals surface area contributed by atoms with E-state index < -0.39 is 0 Å². The molecule has 0 saturated carbocycles. The van der Waals surface area contributed by atoms with Crippen molar-refractivity contribution in [3.05, 3.63) is 47.0 Å². The number of fused-ring (bicyclic) bond motifs is 2. The molecule has 5 heteroatoms. The van der Waals surface area contributed by atoms with E-state index in [1.807, 2.05) is 25.3 Å². The maximum atomic E-state index is 12.1. The minimum atomic E-state index is 0.142. The molecule has 0 amide bonds. The Morgan fingerprint density at radius 3 is 2.96 bits per heavy atom. The molecule has 0 spiro atoms. The summed E-state index contributed by atoms with van der Waals surface area (Å²) in [5.74, 6) is 1.92. The first-order chi connectivity index (χ1) is 12.1. The van der Waals surface area contributed by atoms with E-state index in [-0.39, 0.29) is 17.8 Å². The van der Waals surface area contributed by atoms with Crippen molar-refractivity contribution in [2.75, 3.05) is 6.61 Å². The predicted molar refractivity (Wildman–Crippen MR) is 93.4 cm³/mol. The summed E-state index contributed by atoms with van der Waals surface area (Å²) in [4.78, 5) is 20.9. The van der Waals surface area contributed by atoms with Gasteiger partial charge in [-0.25, -0.2) is 0 Å². The van der Waals surface area contributed by atoms with Crippen molar-refractivity contribution in [2.45, 2.75) is 51.6 Å². The zero-order chi connectivity index (χ0) is 17.4. The quantitative estimate of drug-likeness (QED) is 0.855. The molecule has 0 saturated heterocycles. The first-order valence-electron chi connectivity index (χ1n) is 8.88. The SMILES string of the molecule is Cc1cc2c(cn1)CCC(CC(C)c1cc3c(cn1)OCCC3=O)O2. The third-order valence-electron chi connectivity index (χ3n) is 5.01. The average Bonchev–Trinajstić information content (AvgIpc) is 2.61. The third-order valence-corrected chi connectivity index (χ3v) is 5.01. The number of ether oxygens (including phenoxy) is 2. The van der Waals surface area contributed by atoms with Gasteiger partial charge < -0.3 is 9.47 Å². The molecular weight excluding hydrogens is 316 g/mol. The Labute approximate surface area is 147 Å². The van der Waals surface area contributed by atoms with Gasteiger partial charge in [0.15, 0.2) is 5.78 Å². The van der Waals surface area contributed by atoms with Crippen molar-refractivity contribution < 1.29 is 14.3 Å². The Balaban J connectivity index is 1.48. The fourth-order valence-corrected chi connectivity index (χ4v) is 3.55. The van der Waals surface area contributed by atoms with Crippen LogP contribution in [-0.4, -0.2) is 28.5 Å². The van der Waals surface area contributed by atoms with Gasteiger partial charge in [0, 0.05) is 41.6 Å². The third kappa shape index (κ3) is 3.23. The lowest BCUT2D eigenvalue weighted by Gasteiger charge is -2.28. The molecule has 0 N–H and O–H groups in total. The fraction of sp³-hybridized carbons (Fsp3) is 0.450. The zero-order valence-electron chi connectivity index (χ0n) is 14.6. The van der Waals surface area contributed by atoms with E-state index in [4.69, 9.17) is 9.47 Å². The molecule has 0 fully saturated rings. The summed E-state index contributed by atoms with van der Waals surface area (Å²) in [6, 6.07) is 3.91. The summed E-state index contributed by atoms with van der Waals surface area (Å²) in [7, 11) is 0. The summed E-state index contributed by atoms with van der Waals surface area (Å²) in [5.41, 5.74) is 3.75. The van der Waals surface area contributed by atoms with Crippen LogP contribution in [0.4, 0.5) is 0 Å². The van der Waals surface area contributed by atoms with E-state index in [9.17, 15) is 4.79 Å². The first kappa shape index (κ1) is 16.1. The van der Waals surface area contributed by atoms with Gasteiger partial charge in [0.2, 0.25) is 0 Å². The lowest BCUT2D eigenvalue weighted by atomic mass is 9.92. The lowest BCUT2D eigenvalue weighted by Crippen LogP contribution is -2.25. The van der Waals surface area contributed by atoms with E-state index in [0.717, 1.165) is 36.4 Å². The van der Waals surface area contributed by atoms with E-state index in [0.29, 0.717) is 24.3 Å². The molecule has 4 rings (SSSR count). The second kappa shape index (κ2) is 6.47. The van der Waals surface area contributed by atoms with Crippen LogP contribution in [0, 0.1) is 6.92 Å². The van der Waals surface area contributed by atoms with Crippen LogP contribution in [0.1, 0.15) is 59.4 Å².